The number of amides is 2. The van der Waals surface area contributed by atoms with Crippen molar-refractivity contribution in [3.63, 3.8) is 0 Å². The van der Waals surface area contributed by atoms with E-state index in [-0.39, 0.29) is 17.9 Å². The molecule has 1 saturated heterocycles. The summed E-state index contributed by atoms with van der Waals surface area (Å²) < 4.78 is 0. The Morgan fingerprint density at radius 2 is 1.86 bits per heavy atom. The smallest absolute Gasteiger partial charge is 0.253 e. The fourth-order valence-electron chi connectivity index (χ4n) is 3.56. The number of benzene rings is 2. The second-order valence-electron chi connectivity index (χ2n) is 7.28. The summed E-state index contributed by atoms with van der Waals surface area (Å²) in [7, 11) is 0. The lowest BCUT2D eigenvalue weighted by atomic mass is 10.1. The second-order valence-corrected chi connectivity index (χ2v) is 7.28. The third-order valence-electron chi connectivity index (χ3n) is 5.20. The number of rotatable bonds is 5. The van der Waals surface area contributed by atoms with Crippen LogP contribution in [0.5, 0.6) is 0 Å². The van der Waals surface area contributed by atoms with Gasteiger partial charge in [0.05, 0.1) is 0 Å². The van der Waals surface area contributed by atoms with Gasteiger partial charge in [-0.25, -0.2) is 4.98 Å². The minimum atomic E-state index is -0.0418. The number of hydrogen-bond donors (Lipinski definition) is 2. The number of carbonyl (C=O) groups is 2. The second kappa shape index (κ2) is 8.31. The van der Waals surface area contributed by atoms with Crippen molar-refractivity contribution < 1.29 is 9.59 Å². The van der Waals surface area contributed by atoms with Gasteiger partial charge in [-0.3, -0.25) is 9.59 Å². The van der Waals surface area contributed by atoms with Gasteiger partial charge in [0.1, 0.15) is 5.82 Å². The highest BCUT2D eigenvalue weighted by molar-refractivity contribution is 5.96. The van der Waals surface area contributed by atoms with E-state index in [4.69, 9.17) is 0 Å². The molecule has 1 aliphatic rings. The van der Waals surface area contributed by atoms with Gasteiger partial charge >= 0.3 is 0 Å². The Hall–Kier alpha value is -3.41. The van der Waals surface area contributed by atoms with Gasteiger partial charge in [-0.15, -0.1) is 0 Å². The summed E-state index contributed by atoms with van der Waals surface area (Å²) in [4.78, 5) is 30.6. The Morgan fingerprint density at radius 1 is 1.10 bits per heavy atom. The first kappa shape index (κ1) is 18.9. The van der Waals surface area contributed by atoms with Crippen molar-refractivity contribution in [3.8, 4) is 0 Å². The molecule has 0 aliphatic carbocycles. The Kier molecular flexibility index (Phi) is 5.42. The topological polar surface area (TPSA) is 74.3 Å². The van der Waals surface area contributed by atoms with E-state index in [2.05, 4.69) is 21.7 Å². The van der Waals surface area contributed by atoms with Crippen LogP contribution in [0.2, 0.25) is 0 Å². The molecule has 0 unspecified atom stereocenters. The van der Waals surface area contributed by atoms with E-state index in [0.717, 1.165) is 23.0 Å². The zero-order valence-corrected chi connectivity index (χ0v) is 16.4. The Bertz CT molecular complexity index is 1030. The Labute approximate surface area is 169 Å². The van der Waals surface area contributed by atoms with Crippen LogP contribution in [0.15, 0.2) is 60.8 Å². The molecule has 1 aromatic heterocycles. The Balaban J connectivity index is 1.37. The average Bonchev–Trinajstić information content (AvgIpc) is 3.22. The van der Waals surface area contributed by atoms with Crippen LogP contribution in [0.4, 0.5) is 11.5 Å². The summed E-state index contributed by atoms with van der Waals surface area (Å²) in [6.07, 6.45) is 3.17. The zero-order valence-electron chi connectivity index (χ0n) is 16.4. The molecule has 6 heteroatoms. The van der Waals surface area contributed by atoms with Crippen LogP contribution < -0.4 is 10.6 Å². The molecule has 2 N–H and O–H groups in total. The van der Waals surface area contributed by atoms with Crippen molar-refractivity contribution in [2.45, 2.75) is 25.8 Å². The lowest BCUT2D eigenvalue weighted by Gasteiger charge is -2.18. The fraction of sp³-hybridized carbons (Fsp3) is 0.261. The van der Waals surface area contributed by atoms with Gasteiger partial charge in [-0.2, -0.15) is 0 Å². The monoisotopic (exact) mass is 388 g/mol. The molecule has 2 heterocycles. The molecule has 0 saturated carbocycles. The minimum absolute atomic E-state index is 0.00846. The fourth-order valence-corrected chi connectivity index (χ4v) is 3.56. The predicted molar refractivity (Wildman–Crippen MR) is 115 cm³/mol. The number of fused-ring (bicyclic) bond motifs is 1. The number of aromatic nitrogens is 1. The molecule has 29 heavy (non-hydrogen) atoms. The van der Waals surface area contributed by atoms with E-state index in [9.17, 15) is 9.59 Å². The van der Waals surface area contributed by atoms with Crippen LogP contribution in [-0.4, -0.2) is 40.8 Å². The largest absolute Gasteiger partial charge is 0.365 e. The normalized spacial score (nSPS) is 16.0. The number of anilines is 2. The molecule has 0 radical (unpaired) electrons. The molecule has 1 atom stereocenters. The minimum Gasteiger partial charge on any atom is -0.365 e. The predicted octanol–water partition coefficient (Wildman–Crippen LogP) is 3.91. The van der Waals surface area contributed by atoms with Gasteiger partial charge in [0.25, 0.3) is 5.91 Å². The molecule has 1 aliphatic heterocycles. The molecule has 6 nitrogen and oxygen atoms in total. The van der Waals surface area contributed by atoms with E-state index in [1.54, 1.807) is 31.2 Å². The molecule has 0 bridgehead atoms. The first-order chi connectivity index (χ1) is 14.1. The summed E-state index contributed by atoms with van der Waals surface area (Å²) in [5.41, 5.74) is 1.33. The van der Waals surface area contributed by atoms with Crippen molar-refractivity contribution >= 4 is 34.1 Å². The number of hydrogen-bond acceptors (Lipinski definition) is 4. The van der Waals surface area contributed by atoms with Gasteiger partial charge in [-0.05, 0) is 42.1 Å². The highest BCUT2D eigenvalue weighted by Gasteiger charge is 2.27. The molecule has 3 aromatic rings. The van der Waals surface area contributed by atoms with Crippen LogP contribution in [0.1, 0.15) is 30.1 Å². The van der Waals surface area contributed by atoms with Crippen molar-refractivity contribution in [1.82, 2.24) is 9.88 Å². The van der Waals surface area contributed by atoms with Gasteiger partial charge in [0.2, 0.25) is 5.91 Å². The van der Waals surface area contributed by atoms with Crippen molar-refractivity contribution in [2.24, 2.45) is 0 Å². The molecular weight excluding hydrogens is 364 g/mol. The summed E-state index contributed by atoms with van der Waals surface area (Å²) in [5, 5.41) is 8.50. The quantitative estimate of drug-likeness (QED) is 0.695. The maximum Gasteiger partial charge on any atom is 0.253 e. The van der Waals surface area contributed by atoms with Crippen molar-refractivity contribution in [3.05, 3.63) is 66.4 Å². The van der Waals surface area contributed by atoms with Crippen LogP contribution >= 0.6 is 0 Å². The maximum absolute atomic E-state index is 12.8. The molecular formula is C23H24N4O2. The SMILES string of the molecule is CCC(=O)Nc1ccc(C(=O)N2CC[C@@H](Nc3cc4ccccc4cn3)C2)cc1. The van der Waals surface area contributed by atoms with E-state index in [1.807, 2.05) is 35.4 Å². The molecule has 148 valence electrons. The first-order valence-electron chi connectivity index (χ1n) is 9.93. The van der Waals surface area contributed by atoms with Gasteiger partial charge in [0, 0.05) is 48.4 Å². The molecule has 0 spiro atoms. The Morgan fingerprint density at radius 3 is 2.62 bits per heavy atom. The maximum atomic E-state index is 12.8. The van der Waals surface area contributed by atoms with Crippen LogP contribution in [0, 0.1) is 0 Å². The highest BCUT2D eigenvalue weighted by Crippen LogP contribution is 2.21. The number of pyridine rings is 1. The summed E-state index contributed by atoms with van der Waals surface area (Å²) in [5.74, 6) is 0.799. The summed E-state index contributed by atoms with van der Waals surface area (Å²) >= 11 is 0. The van der Waals surface area contributed by atoms with E-state index < -0.39 is 0 Å². The average molecular weight is 388 g/mol. The van der Waals surface area contributed by atoms with Gasteiger partial charge in [-0.1, -0.05) is 31.2 Å². The van der Waals surface area contributed by atoms with Crippen LogP contribution in [0.3, 0.4) is 0 Å². The van der Waals surface area contributed by atoms with Crippen LogP contribution in [0.25, 0.3) is 10.8 Å². The number of likely N-dealkylation sites (tertiary alicyclic amines) is 1. The molecule has 4 rings (SSSR count). The highest BCUT2D eigenvalue weighted by atomic mass is 16.2. The molecule has 2 amide bonds. The van der Waals surface area contributed by atoms with Crippen molar-refractivity contribution in [2.75, 3.05) is 23.7 Å². The van der Waals surface area contributed by atoms with Gasteiger partial charge < -0.3 is 15.5 Å². The van der Waals surface area contributed by atoms with E-state index in [1.165, 1.54) is 0 Å². The van der Waals surface area contributed by atoms with E-state index in [0.29, 0.717) is 30.8 Å². The summed E-state index contributed by atoms with van der Waals surface area (Å²) in [6, 6.07) is 17.4. The third kappa shape index (κ3) is 4.37. The van der Waals surface area contributed by atoms with Gasteiger partial charge in [0.15, 0.2) is 0 Å². The molecule has 2 aromatic carbocycles. The van der Waals surface area contributed by atoms with Crippen LogP contribution in [-0.2, 0) is 4.79 Å². The first-order valence-corrected chi connectivity index (χ1v) is 9.93. The number of nitrogens with zero attached hydrogens (tertiary/aromatic N) is 2. The van der Waals surface area contributed by atoms with E-state index >= 15 is 0 Å². The lowest BCUT2D eigenvalue weighted by Crippen LogP contribution is -2.31. The number of nitrogens with one attached hydrogen (secondary N) is 2. The summed E-state index contributed by atoms with van der Waals surface area (Å²) in [6.45, 7) is 3.15. The standard InChI is InChI=1S/C23H24N4O2/c1-2-22(28)26-19-9-7-16(8-10-19)23(29)27-12-11-20(15-27)25-21-13-17-5-3-4-6-18(17)14-24-21/h3-10,13-14,20H,2,11-12,15H2,1H3,(H,24,25)(H,26,28)/t20-/m1/s1. The third-order valence-corrected chi connectivity index (χ3v) is 5.20. The lowest BCUT2D eigenvalue weighted by molar-refractivity contribution is -0.115. The zero-order chi connectivity index (χ0) is 20.2. The molecule has 1 fully saturated rings. The number of carbonyl (C=O) groups excluding carboxylic acids is 2. The van der Waals surface area contributed by atoms with Crippen molar-refractivity contribution in [1.29, 1.82) is 0 Å².